The molecule has 1 aromatic rings. The van der Waals surface area contributed by atoms with E-state index in [4.69, 9.17) is 11.6 Å². The zero-order valence-corrected chi connectivity index (χ0v) is 7.30. The van der Waals surface area contributed by atoms with Crippen LogP contribution in [0.15, 0.2) is 23.1 Å². The van der Waals surface area contributed by atoms with Gasteiger partial charge in [0.05, 0.1) is 0 Å². The molecule has 2 nitrogen and oxygen atoms in total. The largest absolute Gasteiger partial charge is 0.312 e. The van der Waals surface area contributed by atoms with Crippen molar-refractivity contribution in [2.75, 3.05) is 0 Å². The maximum absolute atomic E-state index is 11.2. The van der Waals surface area contributed by atoms with Crippen LogP contribution in [0.1, 0.15) is 19.9 Å². The Morgan fingerprint density at radius 3 is 2.64 bits per heavy atom. The zero-order chi connectivity index (χ0) is 8.43. The highest BCUT2D eigenvalue weighted by Crippen LogP contribution is 2.03. The van der Waals surface area contributed by atoms with Crippen LogP contribution in [-0.4, -0.2) is 4.57 Å². The van der Waals surface area contributed by atoms with Gasteiger partial charge in [0, 0.05) is 12.2 Å². The third kappa shape index (κ3) is 1.63. The average molecular weight is 172 g/mol. The van der Waals surface area contributed by atoms with E-state index in [1.54, 1.807) is 22.9 Å². The summed E-state index contributed by atoms with van der Waals surface area (Å²) >= 11 is 5.62. The van der Waals surface area contributed by atoms with E-state index in [0.717, 1.165) is 0 Å². The zero-order valence-electron chi connectivity index (χ0n) is 6.54. The van der Waals surface area contributed by atoms with Crippen LogP contribution in [0.25, 0.3) is 0 Å². The smallest absolute Gasteiger partial charge is 0.269 e. The Labute approximate surface area is 70.4 Å². The van der Waals surface area contributed by atoms with E-state index in [1.807, 2.05) is 13.8 Å². The lowest BCUT2D eigenvalue weighted by atomic mass is 10.3. The summed E-state index contributed by atoms with van der Waals surface area (Å²) in [7, 11) is 0. The second kappa shape index (κ2) is 3.09. The van der Waals surface area contributed by atoms with E-state index in [2.05, 4.69) is 0 Å². The first-order chi connectivity index (χ1) is 5.13. The molecule has 0 aliphatic carbocycles. The van der Waals surface area contributed by atoms with Crippen molar-refractivity contribution in [1.82, 2.24) is 4.57 Å². The van der Waals surface area contributed by atoms with Crippen LogP contribution in [0, 0.1) is 0 Å². The number of rotatable bonds is 1. The predicted octanol–water partition coefficient (Wildman–Crippen LogP) is 2.08. The summed E-state index contributed by atoms with van der Waals surface area (Å²) < 4.78 is 1.60. The van der Waals surface area contributed by atoms with Crippen LogP contribution in [0.5, 0.6) is 0 Å². The fourth-order valence-corrected chi connectivity index (χ4v) is 1.06. The van der Waals surface area contributed by atoms with Crippen molar-refractivity contribution in [3.8, 4) is 0 Å². The van der Waals surface area contributed by atoms with Gasteiger partial charge in [-0.25, -0.2) is 0 Å². The lowest BCUT2D eigenvalue weighted by Gasteiger charge is -2.08. The maximum atomic E-state index is 11.2. The molecular formula is C8H10ClNO. The molecule has 0 bridgehead atoms. The number of nitrogens with zero attached hydrogens (tertiary/aromatic N) is 1. The summed E-state index contributed by atoms with van der Waals surface area (Å²) in [6, 6.07) is 3.54. The Morgan fingerprint density at radius 2 is 2.18 bits per heavy atom. The minimum absolute atomic E-state index is 0.121. The van der Waals surface area contributed by atoms with Gasteiger partial charge in [-0.3, -0.25) is 4.79 Å². The number of halogens is 1. The monoisotopic (exact) mass is 171 g/mol. The van der Waals surface area contributed by atoms with Gasteiger partial charge in [0.25, 0.3) is 5.56 Å². The van der Waals surface area contributed by atoms with Crippen LogP contribution >= 0.6 is 11.6 Å². The van der Waals surface area contributed by atoms with Crippen LogP contribution in [0.2, 0.25) is 5.02 Å². The second-order valence-corrected chi connectivity index (χ2v) is 3.07. The molecule has 0 fully saturated rings. The molecule has 0 unspecified atom stereocenters. The number of pyridine rings is 1. The molecule has 0 aliphatic rings. The van der Waals surface area contributed by atoms with Gasteiger partial charge >= 0.3 is 0 Å². The summed E-state index contributed by atoms with van der Waals surface area (Å²) in [6.45, 7) is 3.88. The topological polar surface area (TPSA) is 22.0 Å². The Hall–Kier alpha value is -0.760. The first kappa shape index (κ1) is 8.34. The molecule has 0 aliphatic heterocycles. The highest BCUT2D eigenvalue weighted by Gasteiger charge is 2.01. The first-order valence-electron chi connectivity index (χ1n) is 3.49. The van der Waals surface area contributed by atoms with E-state index in [1.165, 1.54) is 0 Å². The van der Waals surface area contributed by atoms with E-state index in [0.29, 0.717) is 0 Å². The summed E-state index contributed by atoms with van der Waals surface area (Å²) in [4.78, 5) is 11.2. The Kier molecular flexibility index (Phi) is 2.35. The number of hydrogen-bond acceptors (Lipinski definition) is 1. The highest BCUT2D eigenvalue weighted by molar-refractivity contribution is 6.30. The van der Waals surface area contributed by atoms with Crippen molar-refractivity contribution in [2.24, 2.45) is 0 Å². The minimum Gasteiger partial charge on any atom is -0.312 e. The normalized spacial score (nSPS) is 10.5. The third-order valence-corrected chi connectivity index (χ3v) is 1.77. The lowest BCUT2D eigenvalue weighted by Crippen LogP contribution is -2.20. The van der Waals surface area contributed by atoms with Gasteiger partial charge in [0.1, 0.15) is 5.02 Å². The Bertz CT molecular complexity index is 303. The molecular weight excluding hydrogens is 162 g/mol. The molecule has 0 saturated carbocycles. The van der Waals surface area contributed by atoms with Crippen LogP contribution < -0.4 is 5.56 Å². The number of hydrogen-bond donors (Lipinski definition) is 0. The fraction of sp³-hybridized carbons (Fsp3) is 0.375. The van der Waals surface area contributed by atoms with Gasteiger partial charge in [-0.2, -0.15) is 0 Å². The highest BCUT2D eigenvalue weighted by atomic mass is 35.5. The SMILES string of the molecule is CC(C)n1cccc(Cl)c1=O. The fourth-order valence-electron chi connectivity index (χ4n) is 0.889. The third-order valence-electron chi connectivity index (χ3n) is 1.48. The van der Waals surface area contributed by atoms with Crippen molar-refractivity contribution in [2.45, 2.75) is 19.9 Å². The summed E-state index contributed by atoms with van der Waals surface area (Å²) in [5.74, 6) is 0. The molecule has 0 amide bonds. The van der Waals surface area contributed by atoms with Gasteiger partial charge in [0.2, 0.25) is 0 Å². The summed E-state index contributed by atoms with van der Waals surface area (Å²) in [5.41, 5.74) is -0.121. The van der Waals surface area contributed by atoms with E-state index >= 15 is 0 Å². The molecule has 0 aromatic carbocycles. The lowest BCUT2D eigenvalue weighted by molar-refractivity contribution is 0.578. The summed E-state index contributed by atoms with van der Waals surface area (Å²) in [6.07, 6.45) is 1.74. The average Bonchev–Trinajstić information content (AvgIpc) is 1.94. The van der Waals surface area contributed by atoms with Crippen LogP contribution in [-0.2, 0) is 0 Å². The molecule has 0 spiro atoms. The van der Waals surface area contributed by atoms with Crippen molar-refractivity contribution in [3.63, 3.8) is 0 Å². The van der Waals surface area contributed by atoms with Gasteiger partial charge in [-0.1, -0.05) is 11.6 Å². The van der Waals surface area contributed by atoms with Gasteiger partial charge < -0.3 is 4.57 Å². The van der Waals surface area contributed by atoms with Crippen molar-refractivity contribution in [3.05, 3.63) is 33.7 Å². The maximum Gasteiger partial charge on any atom is 0.269 e. The van der Waals surface area contributed by atoms with Gasteiger partial charge in [0.15, 0.2) is 0 Å². The van der Waals surface area contributed by atoms with Crippen LogP contribution in [0.4, 0.5) is 0 Å². The molecule has 0 saturated heterocycles. The molecule has 60 valence electrons. The molecule has 0 radical (unpaired) electrons. The Morgan fingerprint density at radius 1 is 1.55 bits per heavy atom. The molecule has 0 N–H and O–H groups in total. The Balaban J connectivity index is 3.28. The molecule has 0 atom stereocenters. The molecule has 1 aromatic heterocycles. The molecule has 1 heterocycles. The van der Waals surface area contributed by atoms with Gasteiger partial charge in [-0.15, -0.1) is 0 Å². The van der Waals surface area contributed by atoms with Gasteiger partial charge in [-0.05, 0) is 26.0 Å². The van der Waals surface area contributed by atoms with Crippen molar-refractivity contribution >= 4 is 11.6 Å². The summed E-state index contributed by atoms with van der Waals surface area (Å²) in [5, 5.41) is 0.279. The van der Waals surface area contributed by atoms with Crippen molar-refractivity contribution < 1.29 is 0 Å². The van der Waals surface area contributed by atoms with E-state index in [-0.39, 0.29) is 16.6 Å². The minimum atomic E-state index is -0.121. The molecule has 3 heteroatoms. The second-order valence-electron chi connectivity index (χ2n) is 2.66. The molecule has 1 rings (SSSR count). The predicted molar refractivity (Wildman–Crippen MR) is 46.1 cm³/mol. The van der Waals surface area contributed by atoms with Crippen molar-refractivity contribution in [1.29, 1.82) is 0 Å². The quantitative estimate of drug-likeness (QED) is 0.634. The van der Waals surface area contributed by atoms with E-state index < -0.39 is 0 Å². The first-order valence-corrected chi connectivity index (χ1v) is 3.87. The molecule has 11 heavy (non-hydrogen) atoms. The number of aromatic nitrogens is 1. The standard InChI is InChI=1S/C8H10ClNO/c1-6(2)10-5-3-4-7(9)8(10)11/h3-6H,1-2H3. The van der Waals surface area contributed by atoms with Crippen LogP contribution in [0.3, 0.4) is 0 Å². The van der Waals surface area contributed by atoms with E-state index in [9.17, 15) is 4.79 Å².